The molecule has 2 heteroatoms. The van der Waals surface area contributed by atoms with E-state index in [0.717, 1.165) is 6.42 Å². The van der Waals surface area contributed by atoms with Gasteiger partial charge in [0.15, 0.2) is 0 Å². The highest BCUT2D eigenvalue weighted by Gasteiger charge is 2.36. The molecule has 7 aromatic carbocycles. The van der Waals surface area contributed by atoms with Gasteiger partial charge in [-0.25, -0.2) is 0 Å². The first-order chi connectivity index (χ1) is 25.5. The average Bonchev–Trinajstić information content (AvgIpc) is 3.77. The van der Waals surface area contributed by atoms with Crippen molar-refractivity contribution in [3.63, 3.8) is 0 Å². The van der Waals surface area contributed by atoms with Gasteiger partial charge in [-0.2, -0.15) is 0 Å². The molecule has 0 bridgehead atoms. The predicted octanol–water partition coefficient (Wildman–Crippen LogP) is 13.1. The van der Waals surface area contributed by atoms with Crippen LogP contribution in [0.15, 0.2) is 146 Å². The zero-order valence-electron chi connectivity index (χ0n) is 29.5. The number of rotatable bonds is 3. The van der Waals surface area contributed by atoms with Crippen LogP contribution in [0.25, 0.3) is 88.0 Å². The van der Waals surface area contributed by atoms with Crippen LogP contribution in [0, 0.1) is 18.1 Å². The number of para-hydroxylation sites is 1. The highest BCUT2D eigenvalue weighted by molar-refractivity contribution is 6.22. The summed E-state index contributed by atoms with van der Waals surface area (Å²) in [5.74, 6) is 0.508. The molecule has 1 unspecified atom stereocenters. The zero-order valence-corrected chi connectivity index (χ0v) is 29.5. The number of benzene rings is 6. The largest absolute Gasteiger partial charge is 0.313 e. The molecule has 2 heterocycles. The Morgan fingerprint density at radius 3 is 2.19 bits per heavy atom. The molecule has 0 radical (unpaired) electrons. The van der Waals surface area contributed by atoms with Crippen LogP contribution < -0.4 is 0 Å². The summed E-state index contributed by atoms with van der Waals surface area (Å²) in [4.78, 5) is 0. The molecule has 0 N–H and O–H groups in total. The van der Waals surface area contributed by atoms with E-state index in [4.69, 9.17) is 0 Å². The topological polar surface area (TPSA) is 9.86 Å². The van der Waals surface area contributed by atoms with Crippen molar-refractivity contribution >= 4 is 60.1 Å². The van der Waals surface area contributed by atoms with Crippen LogP contribution >= 0.6 is 0 Å². The second-order valence-corrected chi connectivity index (χ2v) is 15.3. The Hall–Kier alpha value is -6.30. The summed E-state index contributed by atoms with van der Waals surface area (Å²) >= 11 is 0. The van der Waals surface area contributed by atoms with E-state index in [-0.39, 0.29) is 5.41 Å². The third kappa shape index (κ3) is 4.02. The minimum absolute atomic E-state index is 0.117. The molecular formula is C50H36N2. The summed E-state index contributed by atoms with van der Waals surface area (Å²) in [5.41, 5.74) is 14.9. The number of aromatic nitrogens is 2. The molecule has 0 fully saturated rings. The number of allylic oxidation sites excluding steroid dienone is 4. The zero-order chi connectivity index (χ0) is 34.7. The first-order valence-corrected chi connectivity index (χ1v) is 18.4. The van der Waals surface area contributed by atoms with Crippen molar-refractivity contribution < 1.29 is 0 Å². The van der Waals surface area contributed by atoms with E-state index in [9.17, 15) is 0 Å². The second-order valence-electron chi connectivity index (χ2n) is 15.3. The Morgan fingerprint density at radius 1 is 0.635 bits per heavy atom. The molecular weight excluding hydrogens is 629 g/mol. The van der Waals surface area contributed by atoms with Crippen molar-refractivity contribution in [1.82, 2.24) is 9.13 Å². The Bertz CT molecular complexity index is 3020. The molecule has 0 spiro atoms. The van der Waals surface area contributed by atoms with Crippen molar-refractivity contribution in [3.05, 3.63) is 169 Å². The summed E-state index contributed by atoms with van der Waals surface area (Å²) in [5, 5.41) is 7.70. The monoisotopic (exact) mass is 664 g/mol. The van der Waals surface area contributed by atoms with Gasteiger partial charge in [0.1, 0.15) is 0 Å². The molecule has 246 valence electrons. The Balaban J connectivity index is 1.18. The van der Waals surface area contributed by atoms with Gasteiger partial charge >= 0.3 is 0 Å². The minimum atomic E-state index is -0.117. The predicted molar refractivity (Wildman–Crippen MR) is 219 cm³/mol. The van der Waals surface area contributed by atoms with Gasteiger partial charge in [0.25, 0.3) is 0 Å². The standard InChI is InChI=1S/C50H36N2/c1-31-12-11-16-36(26-31)52-46-24-22-34(28-42(46)49-37-17-8-7-13-32(37)20-25-47(49)52)33-21-23-45-40(27-33)41-29-39-38-18-9-10-19-43(38)50(2,3)44(39)30-48(41)51(45)35-14-5-4-6-15-35/h4-8,10-17,19-25,27-31H,26H2,1-3H3. The molecule has 11 rings (SSSR count). The van der Waals surface area contributed by atoms with Gasteiger partial charge < -0.3 is 9.13 Å². The lowest BCUT2D eigenvalue weighted by Crippen LogP contribution is -2.14. The molecule has 2 aliphatic carbocycles. The normalized spacial score (nSPS) is 16.1. The van der Waals surface area contributed by atoms with E-state index in [1.807, 2.05) is 6.07 Å². The lowest BCUT2D eigenvalue weighted by molar-refractivity contribution is 0.661. The molecule has 1 atom stereocenters. The first kappa shape index (κ1) is 29.4. The number of nitrogens with zero attached hydrogens (tertiary/aromatic N) is 2. The summed E-state index contributed by atoms with van der Waals surface area (Å²) in [6.45, 7) is 6.98. The minimum Gasteiger partial charge on any atom is -0.313 e. The van der Waals surface area contributed by atoms with E-state index >= 15 is 0 Å². The fourth-order valence-electron chi connectivity index (χ4n) is 9.36. The van der Waals surface area contributed by atoms with Crippen molar-refractivity contribution in [2.75, 3.05) is 0 Å². The molecule has 2 nitrogen and oxygen atoms in total. The molecule has 0 saturated carbocycles. The maximum Gasteiger partial charge on any atom is 0.0544 e. The van der Waals surface area contributed by atoms with Gasteiger partial charge in [-0.05, 0) is 124 Å². The summed E-state index contributed by atoms with van der Waals surface area (Å²) in [6.07, 6.45) is 7.85. The average molecular weight is 665 g/mol. The summed E-state index contributed by atoms with van der Waals surface area (Å²) in [6, 6.07) is 54.2. The van der Waals surface area contributed by atoms with Gasteiger partial charge in [-0.15, -0.1) is 0 Å². The summed E-state index contributed by atoms with van der Waals surface area (Å²) < 4.78 is 4.95. The van der Waals surface area contributed by atoms with Gasteiger partial charge in [0.05, 0.1) is 22.1 Å². The van der Waals surface area contributed by atoms with Gasteiger partial charge in [-0.1, -0.05) is 106 Å². The van der Waals surface area contributed by atoms with Crippen LogP contribution in [0.1, 0.15) is 38.3 Å². The lowest BCUT2D eigenvalue weighted by Gasteiger charge is -2.21. The van der Waals surface area contributed by atoms with Crippen LogP contribution in [0.2, 0.25) is 0 Å². The maximum absolute atomic E-state index is 3.48. The molecule has 9 aromatic rings. The molecule has 52 heavy (non-hydrogen) atoms. The van der Waals surface area contributed by atoms with Crippen molar-refractivity contribution in [2.24, 2.45) is 5.92 Å². The Kier molecular flexibility index (Phi) is 6.00. The Labute approximate surface area is 303 Å². The van der Waals surface area contributed by atoms with Crippen LogP contribution in [0.4, 0.5) is 0 Å². The van der Waals surface area contributed by atoms with E-state index < -0.39 is 0 Å². The van der Waals surface area contributed by atoms with Gasteiger partial charge in [0, 0.05) is 43.9 Å². The fraction of sp³-hybridized carbons (Fsp3) is 0.120. The third-order valence-electron chi connectivity index (χ3n) is 11.9. The smallest absolute Gasteiger partial charge is 0.0544 e. The number of hydrogen-bond acceptors (Lipinski definition) is 0. The molecule has 0 amide bonds. The lowest BCUT2D eigenvalue weighted by atomic mass is 9.82. The highest BCUT2D eigenvalue weighted by atomic mass is 15.0. The molecule has 0 aliphatic heterocycles. The maximum atomic E-state index is 3.48. The van der Waals surface area contributed by atoms with Crippen LogP contribution in [-0.2, 0) is 5.41 Å². The fourth-order valence-corrected chi connectivity index (χ4v) is 9.36. The van der Waals surface area contributed by atoms with Crippen molar-refractivity contribution in [3.8, 4) is 27.9 Å². The SMILES string of the molecule is CC1C=CC=C(n2c3ccc(-c4ccc5c(c4)c4cc6c(cc4n5-c4ccccc4)C(C)(C)c4ccc#cc4-6)cc3c3c4ccccc4ccc32)C1. The third-order valence-corrected chi connectivity index (χ3v) is 11.9. The Morgan fingerprint density at radius 2 is 1.37 bits per heavy atom. The summed E-state index contributed by atoms with van der Waals surface area (Å²) in [7, 11) is 0. The molecule has 2 aliphatic rings. The van der Waals surface area contributed by atoms with E-state index in [1.165, 1.54) is 99.1 Å². The van der Waals surface area contributed by atoms with Crippen LogP contribution in [-0.4, -0.2) is 9.13 Å². The van der Waals surface area contributed by atoms with E-state index in [1.54, 1.807) is 0 Å². The first-order valence-electron chi connectivity index (χ1n) is 18.4. The van der Waals surface area contributed by atoms with Gasteiger partial charge in [-0.3, -0.25) is 0 Å². The van der Waals surface area contributed by atoms with E-state index in [0.29, 0.717) is 5.92 Å². The quantitative estimate of drug-likeness (QED) is 0.178. The number of fused-ring (bicyclic) bond motifs is 11. The van der Waals surface area contributed by atoms with E-state index in [2.05, 4.69) is 182 Å². The van der Waals surface area contributed by atoms with Crippen molar-refractivity contribution in [1.29, 1.82) is 0 Å². The van der Waals surface area contributed by atoms with Gasteiger partial charge in [0.2, 0.25) is 0 Å². The van der Waals surface area contributed by atoms with Crippen molar-refractivity contribution in [2.45, 2.75) is 32.6 Å². The highest BCUT2D eigenvalue weighted by Crippen LogP contribution is 2.50. The molecule has 2 aromatic heterocycles. The number of hydrogen-bond donors (Lipinski definition) is 0. The molecule has 0 saturated heterocycles. The van der Waals surface area contributed by atoms with Crippen LogP contribution in [0.3, 0.4) is 0 Å². The van der Waals surface area contributed by atoms with Crippen LogP contribution in [0.5, 0.6) is 0 Å². The second kappa shape index (κ2) is 10.6.